The molecule has 0 unspecified atom stereocenters. The summed E-state index contributed by atoms with van der Waals surface area (Å²) in [6, 6.07) is 20.5. The second kappa shape index (κ2) is 14.2. The molecule has 1 saturated heterocycles. The molecule has 43 heavy (non-hydrogen) atoms. The van der Waals surface area contributed by atoms with Gasteiger partial charge in [0.05, 0.1) is 6.04 Å². The zero-order valence-electron chi connectivity index (χ0n) is 25.7. The maximum Gasteiger partial charge on any atom is 0.408 e. The first-order chi connectivity index (χ1) is 20.5. The number of carbonyl (C=O) groups is 3. The molecular weight excluding hydrogens is 564 g/mol. The lowest BCUT2D eigenvalue weighted by atomic mass is 9.97. The Labute approximate surface area is 259 Å². The second-order valence-electron chi connectivity index (χ2n) is 12.1. The molecule has 0 radical (unpaired) electrons. The Kier molecular flexibility index (Phi) is 10.7. The van der Waals surface area contributed by atoms with Crippen molar-refractivity contribution in [2.24, 2.45) is 0 Å². The van der Waals surface area contributed by atoms with Crippen LogP contribution in [0.15, 0.2) is 66.7 Å². The number of hydrogen-bond donors (Lipinski definition) is 2. The lowest BCUT2D eigenvalue weighted by Gasteiger charge is -2.44. The van der Waals surface area contributed by atoms with Gasteiger partial charge in [0, 0.05) is 44.2 Å². The molecule has 4 rings (SSSR count). The van der Waals surface area contributed by atoms with Gasteiger partial charge in [0.2, 0.25) is 11.8 Å². The monoisotopic (exact) mass is 606 g/mol. The van der Waals surface area contributed by atoms with Crippen LogP contribution < -0.4 is 10.6 Å². The van der Waals surface area contributed by atoms with E-state index in [-0.39, 0.29) is 23.9 Å². The second-order valence-corrected chi connectivity index (χ2v) is 12.6. The van der Waals surface area contributed by atoms with E-state index in [1.54, 1.807) is 40.0 Å². The smallest absolute Gasteiger partial charge is 0.408 e. The van der Waals surface area contributed by atoms with Gasteiger partial charge in [-0.05, 0) is 67.6 Å². The number of carbonyl (C=O) groups excluding carboxylic acids is 3. The van der Waals surface area contributed by atoms with Crippen molar-refractivity contribution in [3.8, 4) is 0 Å². The van der Waals surface area contributed by atoms with Crippen LogP contribution in [-0.2, 0) is 27.2 Å². The van der Waals surface area contributed by atoms with Gasteiger partial charge in [0.25, 0.3) is 0 Å². The van der Waals surface area contributed by atoms with Crippen molar-refractivity contribution in [2.45, 2.75) is 70.7 Å². The highest BCUT2D eigenvalue weighted by atomic mass is 35.5. The number of ether oxygens (including phenoxy) is 1. The molecule has 230 valence electrons. The molecule has 1 heterocycles. The van der Waals surface area contributed by atoms with Crippen LogP contribution in [0.4, 0.5) is 4.79 Å². The fourth-order valence-corrected chi connectivity index (χ4v) is 5.78. The molecule has 0 aliphatic carbocycles. The Morgan fingerprint density at radius 3 is 2.28 bits per heavy atom. The van der Waals surface area contributed by atoms with Crippen molar-refractivity contribution in [2.75, 3.05) is 26.7 Å². The number of nitrogens with one attached hydrogen (secondary N) is 2. The van der Waals surface area contributed by atoms with Crippen molar-refractivity contribution in [3.05, 3.63) is 82.9 Å². The molecule has 9 heteroatoms. The Bertz CT molecular complexity index is 1420. The van der Waals surface area contributed by atoms with Crippen molar-refractivity contribution < 1.29 is 19.1 Å². The molecule has 3 atom stereocenters. The normalized spacial score (nSPS) is 17.3. The minimum absolute atomic E-state index is 0.0463. The van der Waals surface area contributed by atoms with E-state index in [0.717, 1.165) is 21.9 Å². The number of halogens is 1. The van der Waals surface area contributed by atoms with Crippen LogP contribution in [0.5, 0.6) is 0 Å². The summed E-state index contributed by atoms with van der Waals surface area (Å²) in [7, 11) is 1.66. The fraction of sp³-hybridized carbons (Fsp3) is 0.441. The number of likely N-dealkylation sites (N-methyl/N-ethyl adjacent to an activating group) is 1. The van der Waals surface area contributed by atoms with E-state index in [0.29, 0.717) is 43.9 Å². The molecule has 3 aromatic rings. The average Bonchev–Trinajstić information content (AvgIpc) is 2.98. The number of fused-ring (bicyclic) bond motifs is 1. The Hall–Kier alpha value is -3.62. The van der Waals surface area contributed by atoms with Crippen LogP contribution in [0.1, 0.15) is 45.2 Å². The summed E-state index contributed by atoms with van der Waals surface area (Å²) < 4.78 is 5.49. The van der Waals surface area contributed by atoms with Crippen molar-refractivity contribution in [1.82, 2.24) is 20.4 Å². The molecule has 8 nitrogen and oxygen atoms in total. The van der Waals surface area contributed by atoms with E-state index in [1.165, 1.54) is 0 Å². The predicted molar refractivity (Wildman–Crippen MR) is 171 cm³/mol. The van der Waals surface area contributed by atoms with Crippen LogP contribution in [0.3, 0.4) is 0 Å². The molecule has 3 amide bonds. The van der Waals surface area contributed by atoms with Gasteiger partial charge in [-0.25, -0.2) is 4.79 Å². The number of benzene rings is 3. The minimum Gasteiger partial charge on any atom is -0.444 e. The third kappa shape index (κ3) is 8.71. The standard InChI is InChI=1S/C34H43ClN4O4/c1-6-28-22-38(30(31(40)36-5)21-24-11-14-25-9-7-8-10-26(25)19-24)17-18-39(28)32(41)29(37-33(42)43-34(2,3)4)20-23-12-15-27(35)16-13-23/h7-16,19,28-30H,6,17-18,20-22H2,1-5H3,(H,36,40)(H,37,42)/t28-,29+,30-/m0/s1. The van der Waals surface area contributed by atoms with Gasteiger partial charge in [-0.1, -0.05) is 73.1 Å². The van der Waals surface area contributed by atoms with E-state index in [2.05, 4.69) is 45.9 Å². The lowest BCUT2D eigenvalue weighted by Crippen LogP contribution is -2.63. The third-order valence-corrected chi connectivity index (χ3v) is 8.10. The quantitative estimate of drug-likeness (QED) is 0.349. The first kappa shape index (κ1) is 32.3. The summed E-state index contributed by atoms with van der Waals surface area (Å²) in [6.45, 7) is 8.93. The molecule has 0 bridgehead atoms. The maximum absolute atomic E-state index is 14.1. The van der Waals surface area contributed by atoms with Crippen LogP contribution in [0.25, 0.3) is 10.8 Å². The number of nitrogens with zero attached hydrogens (tertiary/aromatic N) is 2. The largest absolute Gasteiger partial charge is 0.444 e. The van der Waals surface area contributed by atoms with Crippen LogP contribution >= 0.6 is 11.6 Å². The number of piperazine rings is 1. The zero-order valence-corrected chi connectivity index (χ0v) is 26.5. The first-order valence-electron chi connectivity index (χ1n) is 14.9. The number of hydrogen-bond acceptors (Lipinski definition) is 5. The van der Waals surface area contributed by atoms with E-state index >= 15 is 0 Å². The van der Waals surface area contributed by atoms with Crippen LogP contribution in [-0.4, -0.2) is 78.1 Å². The molecule has 1 aliphatic heterocycles. The van der Waals surface area contributed by atoms with Gasteiger partial charge in [0.1, 0.15) is 11.6 Å². The highest BCUT2D eigenvalue weighted by Crippen LogP contribution is 2.23. The van der Waals surface area contributed by atoms with Gasteiger partial charge >= 0.3 is 6.09 Å². The molecule has 2 N–H and O–H groups in total. The molecule has 0 aromatic heterocycles. The summed E-state index contributed by atoms with van der Waals surface area (Å²) in [6.07, 6.45) is 0.934. The Morgan fingerprint density at radius 1 is 0.953 bits per heavy atom. The van der Waals surface area contributed by atoms with Gasteiger partial charge in [-0.3, -0.25) is 14.5 Å². The average molecular weight is 607 g/mol. The third-order valence-electron chi connectivity index (χ3n) is 7.84. The molecule has 1 aliphatic rings. The van der Waals surface area contributed by atoms with Crippen molar-refractivity contribution >= 4 is 40.3 Å². The highest BCUT2D eigenvalue weighted by molar-refractivity contribution is 6.30. The van der Waals surface area contributed by atoms with E-state index < -0.39 is 17.7 Å². The van der Waals surface area contributed by atoms with Gasteiger partial charge in [-0.15, -0.1) is 0 Å². The number of rotatable bonds is 9. The van der Waals surface area contributed by atoms with E-state index in [4.69, 9.17) is 16.3 Å². The summed E-state index contributed by atoms with van der Waals surface area (Å²) >= 11 is 6.08. The first-order valence-corrected chi connectivity index (χ1v) is 15.3. The molecule has 0 saturated carbocycles. The summed E-state index contributed by atoms with van der Waals surface area (Å²) in [5, 5.41) is 8.57. The summed E-state index contributed by atoms with van der Waals surface area (Å²) in [4.78, 5) is 44.0. The SMILES string of the molecule is CC[C@H]1CN([C@@H](Cc2ccc3ccccc3c2)C(=O)NC)CCN1C(=O)[C@@H](Cc1ccc(Cl)cc1)NC(=O)OC(C)(C)C. The molecule has 1 fully saturated rings. The zero-order chi connectivity index (χ0) is 31.1. The summed E-state index contributed by atoms with van der Waals surface area (Å²) in [5.41, 5.74) is 1.26. The topological polar surface area (TPSA) is 91.0 Å². The van der Waals surface area contributed by atoms with E-state index in [1.807, 2.05) is 36.1 Å². The van der Waals surface area contributed by atoms with Crippen LogP contribution in [0.2, 0.25) is 5.02 Å². The highest BCUT2D eigenvalue weighted by Gasteiger charge is 2.38. The minimum atomic E-state index is -0.816. The van der Waals surface area contributed by atoms with Gasteiger partial charge < -0.3 is 20.3 Å². The number of alkyl carbamates (subject to hydrolysis) is 1. The predicted octanol–water partition coefficient (Wildman–Crippen LogP) is 5.21. The van der Waals surface area contributed by atoms with Gasteiger partial charge in [0.15, 0.2) is 0 Å². The van der Waals surface area contributed by atoms with Crippen molar-refractivity contribution in [1.29, 1.82) is 0 Å². The van der Waals surface area contributed by atoms with E-state index in [9.17, 15) is 14.4 Å². The molecular formula is C34H43ClN4O4. The maximum atomic E-state index is 14.1. The van der Waals surface area contributed by atoms with Crippen LogP contribution in [0, 0.1) is 0 Å². The summed E-state index contributed by atoms with van der Waals surface area (Å²) in [5.74, 6) is -0.215. The van der Waals surface area contributed by atoms with Crippen molar-refractivity contribution in [3.63, 3.8) is 0 Å². The Morgan fingerprint density at radius 2 is 1.63 bits per heavy atom. The molecule has 3 aromatic carbocycles. The molecule has 0 spiro atoms. The Balaban J connectivity index is 1.52. The lowest BCUT2D eigenvalue weighted by molar-refractivity contribution is -0.140. The number of amides is 3. The fourth-order valence-electron chi connectivity index (χ4n) is 5.65. The van der Waals surface area contributed by atoms with Gasteiger partial charge in [-0.2, -0.15) is 0 Å².